The molecule has 0 aliphatic heterocycles. The zero-order valence-corrected chi connectivity index (χ0v) is 20.2. The summed E-state index contributed by atoms with van der Waals surface area (Å²) >= 11 is 6.56. The molecule has 33 heavy (non-hydrogen) atoms. The number of fused-ring (bicyclic) bond motifs is 1. The maximum atomic E-state index is 15.0. The fourth-order valence-corrected chi connectivity index (χ4v) is 4.52. The lowest BCUT2D eigenvalue weighted by molar-refractivity contribution is 0.587. The molecule has 5 nitrogen and oxygen atoms in total. The van der Waals surface area contributed by atoms with Gasteiger partial charge in [-0.05, 0) is 45.4 Å². The molecule has 0 unspecified atom stereocenters. The van der Waals surface area contributed by atoms with Crippen LogP contribution in [0.3, 0.4) is 0 Å². The molecule has 1 atom stereocenters. The van der Waals surface area contributed by atoms with Gasteiger partial charge >= 0.3 is 0 Å². The van der Waals surface area contributed by atoms with Crippen LogP contribution in [0.4, 0.5) is 14.5 Å². The van der Waals surface area contributed by atoms with E-state index in [1.165, 1.54) is 18.3 Å². The SMILES string of the molecule is Cc1nc2cc(F)c(-c3ccc(P(C)(C)=O)nc3)nc2c(N[C@H](C)c2ccccc2F)c1Cl. The van der Waals surface area contributed by atoms with E-state index in [0.717, 1.165) is 0 Å². The lowest BCUT2D eigenvalue weighted by atomic mass is 10.1. The Morgan fingerprint density at radius 1 is 1.06 bits per heavy atom. The summed E-state index contributed by atoms with van der Waals surface area (Å²) in [7, 11) is -2.54. The van der Waals surface area contributed by atoms with Gasteiger partial charge < -0.3 is 9.88 Å². The standard InChI is InChI=1S/C24H22ClF2N4OP/c1-13(16-7-5-6-8-17(16)26)30-24-21(25)14(2)29-19-11-18(27)22(31-23(19)24)15-9-10-20(28-12-15)33(3,4)32/h5-13H,1-4H3,(H,29,30)/t13-/m1/s1. The van der Waals surface area contributed by atoms with E-state index in [1.54, 1.807) is 57.5 Å². The Hall–Kier alpha value is -2.89. The molecule has 1 N–H and O–H groups in total. The van der Waals surface area contributed by atoms with Crippen molar-refractivity contribution in [2.75, 3.05) is 18.6 Å². The summed E-state index contributed by atoms with van der Waals surface area (Å²) in [6, 6.07) is 10.5. The van der Waals surface area contributed by atoms with E-state index in [0.29, 0.717) is 44.0 Å². The number of anilines is 1. The third kappa shape index (κ3) is 4.61. The third-order valence-electron chi connectivity index (χ3n) is 5.32. The Labute approximate surface area is 195 Å². The minimum Gasteiger partial charge on any atom is -0.375 e. The fraction of sp³-hybridized carbons (Fsp3) is 0.208. The van der Waals surface area contributed by atoms with Gasteiger partial charge in [-0.2, -0.15) is 0 Å². The van der Waals surface area contributed by atoms with Crippen molar-refractivity contribution >= 4 is 40.9 Å². The zero-order valence-electron chi connectivity index (χ0n) is 18.5. The minimum atomic E-state index is -2.54. The first-order valence-electron chi connectivity index (χ1n) is 10.3. The van der Waals surface area contributed by atoms with Crippen LogP contribution in [0, 0.1) is 18.6 Å². The number of hydrogen-bond donors (Lipinski definition) is 1. The number of halogens is 3. The van der Waals surface area contributed by atoms with Gasteiger partial charge in [0.2, 0.25) is 0 Å². The minimum absolute atomic E-state index is 0.0619. The molecule has 3 heterocycles. The molecule has 9 heteroatoms. The molecule has 1 aromatic carbocycles. The Bertz CT molecular complexity index is 1410. The number of hydrogen-bond acceptors (Lipinski definition) is 5. The molecule has 4 aromatic rings. The molecular weight excluding hydrogens is 465 g/mol. The van der Waals surface area contributed by atoms with E-state index in [1.807, 2.05) is 0 Å². The highest BCUT2D eigenvalue weighted by molar-refractivity contribution is 7.69. The topological polar surface area (TPSA) is 67.8 Å². The molecule has 0 amide bonds. The van der Waals surface area contributed by atoms with Crippen molar-refractivity contribution in [3.63, 3.8) is 0 Å². The molecule has 0 fully saturated rings. The van der Waals surface area contributed by atoms with Crippen LogP contribution in [0.5, 0.6) is 0 Å². The van der Waals surface area contributed by atoms with E-state index >= 15 is 0 Å². The number of aryl methyl sites for hydroxylation is 1. The van der Waals surface area contributed by atoms with E-state index in [2.05, 4.69) is 20.3 Å². The van der Waals surface area contributed by atoms with E-state index < -0.39 is 19.0 Å². The van der Waals surface area contributed by atoms with Crippen molar-refractivity contribution in [1.29, 1.82) is 0 Å². The van der Waals surface area contributed by atoms with Gasteiger partial charge in [0.25, 0.3) is 0 Å². The molecule has 170 valence electrons. The molecular formula is C24H22ClF2N4OP. The number of rotatable bonds is 5. The number of nitrogens with one attached hydrogen (secondary N) is 1. The molecule has 4 rings (SSSR count). The molecule has 0 saturated heterocycles. The smallest absolute Gasteiger partial charge is 0.151 e. The van der Waals surface area contributed by atoms with Crippen LogP contribution >= 0.6 is 18.7 Å². The zero-order chi connectivity index (χ0) is 23.9. The summed E-state index contributed by atoms with van der Waals surface area (Å²) in [5.41, 5.74) is 3.00. The lowest BCUT2D eigenvalue weighted by Gasteiger charge is -2.20. The number of pyridine rings is 3. The second kappa shape index (κ2) is 8.81. The Morgan fingerprint density at radius 3 is 2.42 bits per heavy atom. The molecule has 0 spiro atoms. The van der Waals surface area contributed by atoms with Gasteiger partial charge in [-0.15, -0.1) is 0 Å². The Kier molecular flexibility index (Phi) is 6.21. The first kappa shape index (κ1) is 23.3. The average molecular weight is 487 g/mol. The highest BCUT2D eigenvalue weighted by atomic mass is 35.5. The van der Waals surface area contributed by atoms with E-state index in [-0.39, 0.29) is 11.5 Å². The summed E-state index contributed by atoms with van der Waals surface area (Å²) in [6.07, 6.45) is 1.45. The summed E-state index contributed by atoms with van der Waals surface area (Å²) < 4.78 is 41.6. The summed E-state index contributed by atoms with van der Waals surface area (Å²) in [5.74, 6) is -0.922. The van der Waals surface area contributed by atoms with Gasteiger partial charge in [0.1, 0.15) is 24.2 Å². The van der Waals surface area contributed by atoms with Crippen molar-refractivity contribution in [2.24, 2.45) is 0 Å². The van der Waals surface area contributed by atoms with Gasteiger partial charge in [0.05, 0.1) is 33.4 Å². The lowest BCUT2D eigenvalue weighted by Crippen LogP contribution is -2.11. The highest BCUT2D eigenvalue weighted by Gasteiger charge is 2.20. The number of aromatic nitrogens is 3. The van der Waals surface area contributed by atoms with Gasteiger partial charge in [-0.25, -0.2) is 18.7 Å². The number of benzene rings is 1. The van der Waals surface area contributed by atoms with Gasteiger partial charge in [0, 0.05) is 23.4 Å². The van der Waals surface area contributed by atoms with Crippen LogP contribution in [0.25, 0.3) is 22.3 Å². The molecule has 0 aliphatic rings. The number of nitrogens with zero attached hydrogens (tertiary/aromatic N) is 3. The van der Waals surface area contributed by atoms with Crippen LogP contribution in [-0.4, -0.2) is 28.3 Å². The Morgan fingerprint density at radius 2 is 1.79 bits per heavy atom. The maximum Gasteiger partial charge on any atom is 0.151 e. The molecule has 0 aliphatic carbocycles. The first-order valence-corrected chi connectivity index (χ1v) is 13.2. The molecule has 0 radical (unpaired) electrons. The summed E-state index contributed by atoms with van der Waals surface area (Å²) in [4.78, 5) is 13.1. The van der Waals surface area contributed by atoms with Crippen molar-refractivity contribution in [2.45, 2.75) is 19.9 Å². The van der Waals surface area contributed by atoms with Crippen molar-refractivity contribution in [3.8, 4) is 11.3 Å². The second-order valence-corrected chi connectivity index (χ2v) is 11.8. The quantitative estimate of drug-likeness (QED) is 0.333. The molecule has 0 bridgehead atoms. The van der Waals surface area contributed by atoms with Gasteiger partial charge in [-0.3, -0.25) is 4.98 Å². The van der Waals surface area contributed by atoms with Gasteiger partial charge in [-0.1, -0.05) is 29.8 Å². The first-order chi connectivity index (χ1) is 15.6. The van der Waals surface area contributed by atoms with Crippen LogP contribution < -0.4 is 10.8 Å². The summed E-state index contributed by atoms with van der Waals surface area (Å²) in [5, 5.41) is 3.55. The van der Waals surface area contributed by atoms with Crippen molar-refractivity contribution < 1.29 is 13.3 Å². The highest BCUT2D eigenvalue weighted by Crippen LogP contribution is 2.37. The van der Waals surface area contributed by atoms with Gasteiger partial charge in [0.15, 0.2) is 5.82 Å². The molecule has 0 saturated carbocycles. The maximum absolute atomic E-state index is 15.0. The third-order valence-corrected chi connectivity index (χ3v) is 7.15. The van der Waals surface area contributed by atoms with Crippen LogP contribution in [0.1, 0.15) is 24.2 Å². The van der Waals surface area contributed by atoms with Crippen LogP contribution in [0.15, 0.2) is 48.7 Å². The normalized spacial score (nSPS) is 12.7. The second-order valence-electron chi connectivity index (χ2n) is 8.22. The predicted octanol–water partition coefficient (Wildman–Crippen LogP) is 6.35. The molecule has 3 aromatic heterocycles. The van der Waals surface area contributed by atoms with Crippen molar-refractivity contribution in [3.05, 3.63) is 76.6 Å². The van der Waals surface area contributed by atoms with Crippen LogP contribution in [-0.2, 0) is 4.57 Å². The predicted molar refractivity (Wildman–Crippen MR) is 130 cm³/mol. The van der Waals surface area contributed by atoms with Crippen molar-refractivity contribution in [1.82, 2.24) is 15.0 Å². The fourth-order valence-electron chi connectivity index (χ4n) is 3.56. The average Bonchev–Trinajstić information content (AvgIpc) is 2.76. The van der Waals surface area contributed by atoms with E-state index in [4.69, 9.17) is 11.6 Å². The largest absolute Gasteiger partial charge is 0.375 e. The van der Waals surface area contributed by atoms with E-state index in [9.17, 15) is 13.3 Å². The summed E-state index contributed by atoms with van der Waals surface area (Å²) in [6.45, 7) is 6.75. The van der Waals surface area contributed by atoms with Crippen LogP contribution in [0.2, 0.25) is 5.02 Å². The Balaban J connectivity index is 1.84. The monoisotopic (exact) mass is 486 g/mol.